The maximum absolute atomic E-state index is 14.3. The molecule has 13 atom stereocenters. The van der Waals surface area contributed by atoms with Gasteiger partial charge in [0.1, 0.15) is 42.0 Å². The van der Waals surface area contributed by atoms with Crippen LogP contribution in [0.25, 0.3) is 0 Å². The minimum absolute atomic E-state index is 0.0422. The molecule has 1 saturated heterocycles. The van der Waals surface area contributed by atoms with Gasteiger partial charge in [0.05, 0.1) is 23.1 Å². The van der Waals surface area contributed by atoms with Crippen molar-refractivity contribution in [2.45, 2.75) is 129 Å². The van der Waals surface area contributed by atoms with Crippen molar-refractivity contribution in [2.75, 3.05) is 13.2 Å². The molecule has 19 heteroatoms. The van der Waals surface area contributed by atoms with Crippen LogP contribution in [0.3, 0.4) is 0 Å². The van der Waals surface area contributed by atoms with Crippen LogP contribution < -0.4 is 0 Å². The molecule has 1 aromatic heterocycles. The first-order valence-corrected chi connectivity index (χ1v) is 18.2. The van der Waals surface area contributed by atoms with E-state index in [1.165, 1.54) is 32.2 Å². The maximum atomic E-state index is 14.3. The molecule has 1 spiro atoms. The van der Waals surface area contributed by atoms with E-state index in [-0.39, 0.29) is 11.3 Å². The van der Waals surface area contributed by atoms with Gasteiger partial charge in [-0.1, -0.05) is 13.8 Å². The van der Waals surface area contributed by atoms with E-state index in [9.17, 15) is 43.5 Å². The molecule has 2 unspecified atom stereocenters. The van der Waals surface area contributed by atoms with E-state index in [0.717, 1.165) is 48.5 Å². The highest BCUT2D eigenvalue weighted by Gasteiger charge is 2.92. The molecule has 2 aliphatic heterocycles. The summed E-state index contributed by atoms with van der Waals surface area (Å²) in [5.41, 5.74) is -10.1. The van der Waals surface area contributed by atoms with Gasteiger partial charge in [-0.25, -0.2) is 4.79 Å². The first-order valence-electron chi connectivity index (χ1n) is 18.2. The van der Waals surface area contributed by atoms with Gasteiger partial charge in [-0.3, -0.25) is 38.5 Å². The number of hydrogen-bond donors (Lipinski definition) is 1. The summed E-state index contributed by atoms with van der Waals surface area (Å²) in [5.74, 6) is -11.6. The third-order valence-corrected chi connectivity index (χ3v) is 11.4. The number of carbonyl (C=O) groups excluding carboxylic acids is 8. The van der Waals surface area contributed by atoms with E-state index in [0.29, 0.717) is 0 Å². The molecule has 0 radical (unpaired) electrons. The van der Waals surface area contributed by atoms with Crippen LogP contribution in [0, 0.1) is 17.3 Å². The monoisotopic (exact) mass is 805 g/mol. The molecule has 2 saturated carbocycles. The van der Waals surface area contributed by atoms with E-state index in [4.69, 9.17) is 42.6 Å². The Labute approximate surface area is 327 Å². The standard InChI is InChI=1S/C38H47NO18/c1-16-17(2)33(46)56-30-28(52-20(5)42)32(55-23(8)45)37(15-49-18(3)40)31(54-22(7)44)27(51-19(4)41)25-29(53-21(6)43)38(37,36(30,10)48)57-35(25,9)14-50-34(47)24-12-11-13-39-26(16)24/h11-13,16-17,25,27-32,48H,14-15H2,1-10H3/t16?,17?,25-,27+,28-,29+,30-,31+,32-,35-,36-,37+,38-/m0/s1. The number of esters is 8. The number of ether oxygens (including phenoxy) is 9. The van der Waals surface area contributed by atoms with Crippen LogP contribution in [0.15, 0.2) is 18.3 Å². The third kappa shape index (κ3) is 6.97. The number of rotatable bonds is 7. The molecule has 1 aromatic rings. The molecular formula is C38H47NO18. The third-order valence-electron chi connectivity index (χ3n) is 11.4. The second kappa shape index (κ2) is 15.3. The first kappa shape index (κ1) is 43.0. The summed E-state index contributed by atoms with van der Waals surface area (Å²) >= 11 is 0. The van der Waals surface area contributed by atoms with Gasteiger partial charge >= 0.3 is 47.8 Å². The number of nitrogens with zero attached hydrogens (tertiary/aromatic N) is 1. The van der Waals surface area contributed by atoms with Gasteiger partial charge in [0, 0.05) is 53.7 Å². The lowest BCUT2D eigenvalue weighted by molar-refractivity contribution is -0.387. The van der Waals surface area contributed by atoms with E-state index < -0.39 is 138 Å². The Balaban J connectivity index is 2.01. The Bertz CT molecular complexity index is 1860. The highest BCUT2D eigenvalue weighted by molar-refractivity contribution is 5.91. The highest BCUT2D eigenvalue weighted by Crippen LogP contribution is 2.70. The lowest BCUT2D eigenvalue weighted by Gasteiger charge is -2.67. The molecule has 312 valence electrons. The van der Waals surface area contributed by atoms with Crippen molar-refractivity contribution in [2.24, 2.45) is 17.3 Å². The van der Waals surface area contributed by atoms with E-state index in [1.54, 1.807) is 6.92 Å². The van der Waals surface area contributed by atoms with Crippen molar-refractivity contribution in [3.8, 4) is 0 Å². The molecule has 3 heterocycles. The zero-order valence-corrected chi connectivity index (χ0v) is 33.2. The van der Waals surface area contributed by atoms with Crippen molar-refractivity contribution < 1.29 is 86.1 Å². The van der Waals surface area contributed by atoms with Gasteiger partial charge in [0.25, 0.3) is 0 Å². The summed E-state index contributed by atoms with van der Waals surface area (Å²) in [5, 5.41) is 13.4. The molecule has 57 heavy (non-hydrogen) atoms. The Hall–Kier alpha value is -5.17. The summed E-state index contributed by atoms with van der Waals surface area (Å²) in [6.45, 7) is 9.67. The number of aromatic nitrogens is 1. The molecule has 0 aromatic carbocycles. The van der Waals surface area contributed by atoms with Crippen molar-refractivity contribution in [1.29, 1.82) is 0 Å². The lowest BCUT2D eigenvalue weighted by atomic mass is 9.45. The zero-order chi connectivity index (χ0) is 42.6. The van der Waals surface area contributed by atoms with Crippen molar-refractivity contribution in [1.82, 2.24) is 4.98 Å². The van der Waals surface area contributed by atoms with Gasteiger partial charge in [-0.05, 0) is 26.0 Å². The second-order valence-electron chi connectivity index (χ2n) is 15.3. The number of cyclic esters (lactones) is 1. The highest BCUT2D eigenvalue weighted by atomic mass is 16.7. The van der Waals surface area contributed by atoms with Gasteiger partial charge < -0.3 is 47.7 Å². The van der Waals surface area contributed by atoms with Crippen LogP contribution in [0.1, 0.15) is 91.2 Å². The minimum Gasteiger partial charge on any atom is -0.465 e. The molecule has 0 amide bonds. The summed E-state index contributed by atoms with van der Waals surface area (Å²) in [6.07, 6.45) is -10.5. The number of hydrogen-bond acceptors (Lipinski definition) is 19. The molecule has 3 fully saturated rings. The van der Waals surface area contributed by atoms with Crippen LogP contribution >= 0.6 is 0 Å². The number of pyridine rings is 1. The molecule has 2 aliphatic carbocycles. The molecule has 19 nitrogen and oxygen atoms in total. The largest absolute Gasteiger partial charge is 0.465 e. The first-order chi connectivity index (χ1) is 26.5. The quantitative estimate of drug-likeness (QED) is 0.298. The Morgan fingerprint density at radius 3 is 1.84 bits per heavy atom. The Kier molecular flexibility index (Phi) is 11.5. The van der Waals surface area contributed by atoms with Crippen LogP contribution in [-0.4, -0.2) is 124 Å². The van der Waals surface area contributed by atoms with Crippen LogP contribution in [-0.2, 0) is 76.2 Å². The predicted octanol–water partition coefficient (Wildman–Crippen LogP) is 1.03. The average molecular weight is 806 g/mol. The fourth-order valence-corrected chi connectivity index (χ4v) is 9.25. The van der Waals surface area contributed by atoms with Gasteiger partial charge in [0.2, 0.25) is 0 Å². The van der Waals surface area contributed by atoms with Crippen molar-refractivity contribution in [3.63, 3.8) is 0 Å². The Morgan fingerprint density at radius 2 is 1.30 bits per heavy atom. The smallest absolute Gasteiger partial charge is 0.340 e. The molecule has 4 bridgehead atoms. The topological polar surface area (TPSA) is 253 Å². The van der Waals surface area contributed by atoms with E-state index in [2.05, 4.69) is 4.98 Å². The second-order valence-corrected chi connectivity index (χ2v) is 15.3. The van der Waals surface area contributed by atoms with Gasteiger partial charge in [-0.15, -0.1) is 0 Å². The van der Waals surface area contributed by atoms with Gasteiger partial charge in [-0.2, -0.15) is 0 Å². The predicted molar refractivity (Wildman–Crippen MR) is 185 cm³/mol. The SMILES string of the molecule is CC(=O)OC[C@]12[C@H](OC(C)=O)[C@H](OC(C)=O)[C@H]3[C@@H](OC(C)=O)[C@@]14O[C@@]3(C)COC(=O)c1cccnc1C(C)C(C)C(=O)O[C@@H]([C@H](OC(C)=O)[C@@H]2OC(C)=O)[C@]4(C)O. The van der Waals surface area contributed by atoms with Crippen LogP contribution in [0.4, 0.5) is 0 Å². The van der Waals surface area contributed by atoms with Crippen molar-refractivity contribution >= 4 is 47.8 Å². The number of aliphatic hydroxyl groups is 1. The van der Waals surface area contributed by atoms with Crippen LogP contribution in [0.2, 0.25) is 0 Å². The van der Waals surface area contributed by atoms with Crippen molar-refractivity contribution in [3.05, 3.63) is 29.6 Å². The van der Waals surface area contributed by atoms with Crippen LogP contribution in [0.5, 0.6) is 0 Å². The fraction of sp³-hybridized carbons (Fsp3) is 0.658. The van der Waals surface area contributed by atoms with E-state index in [1.807, 2.05) is 0 Å². The maximum Gasteiger partial charge on any atom is 0.340 e. The Morgan fingerprint density at radius 1 is 0.772 bits per heavy atom. The summed E-state index contributed by atoms with van der Waals surface area (Å²) < 4.78 is 54.3. The zero-order valence-electron chi connectivity index (χ0n) is 33.2. The molecule has 5 rings (SSSR count). The number of fused-ring (bicyclic) bond motifs is 5. The van der Waals surface area contributed by atoms with Gasteiger partial charge in [0.15, 0.2) is 30.0 Å². The fourth-order valence-electron chi connectivity index (χ4n) is 9.25. The van der Waals surface area contributed by atoms with E-state index >= 15 is 0 Å². The molecular weight excluding hydrogens is 758 g/mol. The average Bonchev–Trinajstić information content (AvgIpc) is 3.32. The normalized spacial score (nSPS) is 38.2. The minimum atomic E-state index is -2.82. The molecule has 4 aliphatic rings. The molecule has 1 N–H and O–H groups in total. The summed E-state index contributed by atoms with van der Waals surface area (Å²) in [6, 6.07) is 2.89. The number of carbonyl (C=O) groups is 8. The summed E-state index contributed by atoms with van der Waals surface area (Å²) in [4.78, 5) is 111. The lowest BCUT2D eigenvalue weighted by Crippen LogP contribution is -2.89. The summed E-state index contributed by atoms with van der Waals surface area (Å²) in [7, 11) is 0.